The molecular formula is C28H31N5. The fourth-order valence-electron chi connectivity index (χ4n) is 5.25. The van der Waals surface area contributed by atoms with E-state index in [9.17, 15) is 0 Å². The predicted octanol–water partition coefficient (Wildman–Crippen LogP) is 6.29. The third-order valence-corrected chi connectivity index (χ3v) is 6.58. The molecule has 0 bridgehead atoms. The normalized spacial score (nSPS) is 11.7. The lowest BCUT2D eigenvalue weighted by Crippen LogP contribution is -2.08. The Balaban J connectivity index is 1.84. The van der Waals surface area contributed by atoms with Gasteiger partial charge >= 0.3 is 0 Å². The van der Waals surface area contributed by atoms with E-state index in [1.54, 1.807) is 0 Å². The van der Waals surface area contributed by atoms with Gasteiger partial charge in [-0.1, -0.05) is 31.0 Å². The van der Waals surface area contributed by atoms with Crippen LogP contribution in [0.25, 0.3) is 27.8 Å². The molecule has 4 heterocycles. The lowest BCUT2D eigenvalue weighted by molar-refractivity contribution is 0.726. The Labute approximate surface area is 195 Å². The molecule has 0 spiro atoms. The molecule has 33 heavy (non-hydrogen) atoms. The van der Waals surface area contributed by atoms with E-state index in [0.717, 1.165) is 47.6 Å². The van der Waals surface area contributed by atoms with Crippen molar-refractivity contribution in [1.29, 1.82) is 0 Å². The van der Waals surface area contributed by atoms with Gasteiger partial charge in [0.05, 0.1) is 17.0 Å². The first-order chi connectivity index (χ1) is 15.9. The van der Waals surface area contributed by atoms with Gasteiger partial charge in [0, 0.05) is 30.0 Å². The smallest absolute Gasteiger partial charge is 0.165 e. The van der Waals surface area contributed by atoms with Gasteiger partial charge in [0.25, 0.3) is 0 Å². The van der Waals surface area contributed by atoms with Crippen LogP contribution >= 0.6 is 0 Å². The monoisotopic (exact) mass is 437 g/mol. The maximum Gasteiger partial charge on any atom is 0.165 e. The average Bonchev–Trinajstić information content (AvgIpc) is 3.27. The Morgan fingerprint density at radius 3 is 2.21 bits per heavy atom. The summed E-state index contributed by atoms with van der Waals surface area (Å²) in [4.78, 5) is 9.30. The van der Waals surface area contributed by atoms with Crippen LogP contribution in [-0.2, 0) is 13.0 Å². The van der Waals surface area contributed by atoms with Crippen LogP contribution in [0.3, 0.4) is 0 Å². The van der Waals surface area contributed by atoms with Gasteiger partial charge in [-0.05, 0) is 81.5 Å². The van der Waals surface area contributed by atoms with Gasteiger partial charge in [-0.25, -0.2) is 4.98 Å². The molecule has 0 fully saturated rings. The molecule has 0 saturated heterocycles. The fraction of sp³-hybridized carbons (Fsp3) is 0.321. The van der Waals surface area contributed by atoms with Gasteiger partial charge in [-0.3, -0.25) is 4.98 Å². The molecular weight excluding hydrogens is 406 g/mol. The van der Waals surface area contributed by atoms with E-state index in [4.69, 9.17) is 10.1 Å². The third kappa shape index (κ3) is 3.52. The summed E-state index contributed by atoms with van der Waals surface area (Å²) >= 11 is 0. The first-order valence-electron chi connectivity index (χ1n) is 11.7. The second-order valence-corrected chi connectivity index (χ2v) is 9.23. The Morgan fingerprint density at radius 2 is 1.55 bits per heavy atom. The highest BCUT2D eigenvalue weighted by Gasteiger charge is 2.22. The fourth-order valence-corrected chi connectivity index (χ4v) is 5.25. The van der Waals surface area contributed by atoms with E-state index in [-0.39, 0.29) is 0 Å². The zero-order valence-corrected chi connectivity index (χ0v) is 20.4. The molecule has 5 aromatic rings. The number of hydrogen-bond donors (Lipinski definition) is 0. The van der Waals surface area contributed by atoms with Crippen LogP contribution in [0.1, 0.15) is 52.7 Å². The van der Waals surface area contributed by atoms with Crippen LogP contribution < -0.4 is 0 Å². The van der Waals surface area contributed by atoms with Crippen molar-refractivity contribution < 1.29 is 0 Å². The van der Waals surface area contributed by atoms with Crippen molar-refractivity contribution in [2.45, 2.75) is 60.9 Å². The first-order valence-corrected chi connectivity index (χ1v) is 11.7. The number of benzene rings is 1. The number of fused-ring (bicyclic) bond motifs is 3. The molecule has 4 aromatic heterocycles. The molecule has 5 heteroatoms. The molecule has 0 aliphatic heterocycles. The molecule has 5 rings (SSSR count). The molecule has 5 nitrogen and oxygen atoms in total. The van der Waals surface area contributed by atoms with E-state index >= 15 is 0 Å². The van der Waals surface area contributed by atoms with Crippen LogP contribution in [0.4, 0.5) is 0 Å². The topological polar surface area (TPSA) is 48.0 Å². The molecule has 0 unspecified atom stereocenters. The summed E-state index contributed by atoms with van der Waals surface area (Å²) in [7, 11) is 0. The first kappa shape index (κ1) is 21.4. The Kier molecular flexibility index (Phi) is 5.28. The number of hydrogen-bond acceptors (Lipinski definition) is 3. The number of rotatable bonds is 5. The van der Waals surface area contributed by atoms with E-state index < -0.39 is 0 Å². The van der Waals surface area contributed by atoms with Gasteiger partial charge in [-0.2, -0.15) is 9.61 Å². The molecule has 0 radical (unpaired) electrons. The van der Waals surface area contributed by atoms with Crippen LogP contribution in [0.2, 0.25) is 0 Å². The average molecular weight is 438 g/mol. The third-order valence-electron chi connectivity index (χ3n) is 6.58. The van der Waals surface area contributed by atoms with E-state index in [1.807, 2.05) is 12.4 Å². The lowest BCUT2D eigenvalue weighted by atomic mass is 9.94. The minimum Gasteiger partial charge on any atom is -0.325 e. The molecule has 1 aromatic carbocycles. The molecule has 0 aliphatic carbocycles. The number of pyridine rings is 1. The van der Waals surface area contributed by atoms with Crippen LogP contribution in [0.5, 0.6) is 0 Å². The summed E-state index contributed by atoms with van der Waals surface area (Å²) in [6.07, 6.45) is 5.83. The maximum atomic E-state index is 5.10. The zero-order chi connectivity index (χ0) is 23.3. The lowest BCUT2D eigenvalue weighted by Gasteiger charge is -2.13. The Bertz CT molecular complexity index is 1470. The molecule has 0 amide bonds. The summed E-state index contributed by atoms with van der Waals surface area (Å²) in [5.41, 5.74) is 12.9. The van der Waals surface area contributed by atoms with Crippen molar-refractivity contribution in [2.24, 2.45) is 0 Å². The van der Waals surface area contributed by atoms with Crippen molar-refractivity contribution in [3.63, 3.8) is 0 Å². The number of aromatic nitrogens is 5. The molecule has 0 aliphatic rings. The van der Waals surface area contributed by atoms with Gasteiger partial charge in [-0.15, -0.1) is 0 Å². The van der Waals surface area contributed by atoms with Crippen LogP contribution in [-0.4, -0.2) is 24.1 Å². The highest BCUT2D eigenvalue weighted by atomic mass is 15.3. The molecule has 168 valence electrons. The highest BCUT2D eigenvalue weighted by Crippen LogP contribution is 2.36. The van der Waals surface area contributed by atoms with Gasteiger partial charge in [0.15, 0.2) is 5.65 Å². The number of aryl methyl sites for hydroxylation is 6. The van der Waals surface area contributed by atoms with Gasteiger partial charge in [0.1, 0.15) is 5.65 Å². The summed E-state index contributed by atoms with van der Waals surface area (Å²) in [6.45, 7) is 13.8. The Morgan fingerprint density at radius 1 is 0.848 bits per heavy atom. The van der Waals surface area contributed by atoms with Gasteiger partial charge in [0.2, 0.25) is 0 Å². The number of nitrogens with zero attached hydrogens (tertiary/aromatic N) is 5. The van der Waals surface area contributed by atoms with Gasteiger partial charge < -0.3 is 4.57 Å². The van der Waals surface area contributed by atoms with E-state index in [2.05, 4.69) is 85.9 Å². The second kappa shape index (κ2) is 8.14. The van der Waals surface area contributed by atoms with Crippen molar-refractivity contribution in [2.75, 3.05) is 0 Å². The summed E-state index contributed by atoms with van der Waals surface area (Å²) in [5, 5.41) is 6.23. The quantitative estimate of drug-likeness (QED) is 0.325. The van der Waals surface area contributed by atoms with Crippen molar-refractivity contribution >= 4 is 16.7 Å². The molecule has 0 N–H and O–H groups in total. The van der Waals surface area contributed by atoms with E-state index in [0.29, 0.717) is 0 Å². The standard InChI is InChI=1S/C28H31N5/c1-7-8-23-15-24-20(5)30-27-26(25-18(3)13-17(2)14-19(25)4)21(6)31-33(27)28(24)32(23)16-22-9-11-29-12-10-22/h9-15H,7-8,16H2,1-6H3. The summed E-state index contributed by atoms with van der Waals surface area (Å²) in [5.74, 6) is 0. The minimum atomic E-state index is 0.788. The minimum absolute atomic E-state index is 0.788. The molecule has 0 saturated carbocycles. The van der Waals surface area contributed by atoms with E-state index in [1.165, 1.54) is 38.9 Å². The second-order valence-electron chi connectivity index (χ2n) is 9.23. The van der Waals surface area contributed by atoms with Crippen molar-refractivity contribution in [3.8, 4) is 11.1 Å². The summed E-state index contributed by atoms with van der Waals surface area (Å²) < 4.78 is 4.49. The predicted molar refractivity (Wildman–Crippen MR) is 135 cm³/mol. The van der Waals surface area contributed by atoms with Crippen LogP contribution in [0, 0.1) is 34.6 Å². The zero-order valence-electron chi connectivity index (χ0n) is 20.4. The van der Waals surface area contributed by atoms with Crippen LogP contribution in [0.15, 0.2) is 42.7 Å². The van der Waals surface area contributed by atoms with Crippen molar-refractivity contribution in [3.05, 3.63) is 82.1 Å². The maximum absolute atomic E-state index is 5.10. The van der Waals surface area contributed by atoms with Crippen molar-refractivity contribution in [1.82, 2.24) is 24.1 Å². The highest BCUT2D eigenvalue weighted by molar-refractivity contribution is 5.90. The summed E-state index contributed by atoms with van der Waals surface area (Å²) in [6, 6.07) is 11.0. The molecule has 0 atom stereocenters. The largest absolute Gasteiger partial charge is 0.325 e. The SMILES string of the molecule is CCCc1cc2c(C)nc3c(-c4c(C)cc(C)cc4C)c(C)nn3c2n1Cc1ccncc1. The Hall–Kier alpha value is -3.47.